The molecule has 1 unspecified atom stereocenters. The summed E-state index contributed by atoms with van der Waals surface area (Å²) in [4.78, 5) is 4.35. The highest BCUT2D eigenvalue weighted by molar-refractivity contribution is 6.04. The van der Waals surface area contributed by atoms with E-state index in [-0.39, 0.29) is 0 Å². The fourth-order valence-electron chi connectivity index (χ4n) is 1.66. The summed E-state index contributed by atoms with van der Waals surface area (Å²) in [6.07, 6.45) is 3.00. The number of quaternary nitrogens is 1. The standard InChI is InChI=1S/C12H15N3/c1-3-8-15-9-13-12(14-15)11-7-5-4-6-10(11)2/h4-7,9H,3,8H2,1-2H3/p+1. The Morgan fingerprint density at radius 2 is 2.07 bits per heavy atom. The second kappa shape index (κ2) is 4.36. The number of aliphatic imine (C=N–C) groups is 1. The van der Waals surface area contributed by atoms with Crippen LogP contribution in [0.3, 0.4) is 0 Å². The van der Waals surface area contributed by atoms with Gasteiger partial charge >= 0.3 is 0 Å². The van der Waals surface area contributed by atoms with E-state index in [0.717, 1.165) is 29.4 Å². The van der Waals surface area contributed by atoms with Gasteiger partial charge in [0.1, 0.15) is 6.54 Å². The summed E-state index contributed by atoms with van der Waals surface area (Å²) >= 11 is 0. The molecule has 0 spiro atoms. The van der Waals surface area contributed by atoms with Crippen molar-refractivity contribution >= 4 is 12.2 Å². The van der Waals surface area contributed by atoms with E-state index in [1.807, 2.05) is 18.5 Å². The molecule has 0 aliphatic carbocycles. The Labute approximate surface area is 90.1 Å². The number of hydrogen-bond donors (Lipinski definition) is 1. The van der Waals surface area contributed by atoms with Crippen molar-refractivity contribution in [2.75, 3.05) is 6.54 Å². The van der Waals surface area contributed by atoms with Gasteiger partial charge in [0, 0.05) is 5.56 Å². The van der Waals surface area contributed by atoms with E-state index >= 15 is 0 Å². The molecule has 0 bridgehead atoms. The molecule has 1 aliphatic rings. The molecule has 0 saturated heterocycles. The Morgan fingerprint density at radius 3 is 2.80 bits per heavy atom. The highest BCUT2D eigenvalue weighted by atomic mass is 15.5. The number of benzene rings is 1. The molecule has 0 aromatic heterocycles. The predicted octanol–water partition coefficient (Wildman–Crippen LogP) is 0.993. The van der Waals surface area contributed by atoms with E-state index < -0.39 is 0 Å². The van der Waals surface area contributed by atoms with Gasteiger partial charge in [-0.25, -0.2) is 0 Å². The van der Waals surface area contributed by atoms with Crippen LogP contribution in [0.5, 0.6) is 0 Å². The monoisotopic (exact) mass is 202 g/mol. The third kappa shape index (κ3) is 2.13. The van der Waals surface area contributed by atoms with Crippen LogP contribution in [0.25, 0.3) is 0 Å². The zero-order valence-corrected chi connectivity index (χ0v) is 9.20. The number of rotatable bonds is 3. The Morgan fingerprint density at radius 1 is 1.27 bits per heavy atom. The third-order valence-corrected chi connectivity index (χ3v) is 2.48. The fourth-order valence-corrected chi connectivity index (χ4v) is 1.66. The molecule has 78 valence electrons. The summed E-state index contributed by atoms with van der Waals surface area (Å²) < 4.78 is 0. The second-order valence-corrected chi connectivity index (χ2v) is 3.75. The van der Waals surface area contributed by atoms with Gasteiger partial charge in [0.05, 0.1) is 0 Å². The molecule has 1 N–H and O–H groups in total. The predicted molar refractivity (Wildman–Crippen MR) is 62.3 cm³/mol. The molecule has 0 amide bonds. The SMILES string of the molecule is CCC[NH+]1C=NC(c2ccccc2C)=N1. The Balaban J connectivity index is 2.24. The molecule has 0 radical (unpaired) electrons. The maximum Gasteiger partial charge on any atom is 0.220 e. The molecule has 1 aromatic rings. The Hall–Kier alpha value is -1.48. The molecule has 1 atom stereocenters. The van der Waals surface area contributed by atoms with Gasteiger partial charge in [0.15, 0.2) is 0 Å². The van der Waals surface area contributed by atoms with Crippen LogP contribution in [-0.2, 0) is 0 Å². The van der Waals surface area contributed by atoms with Crippen molar-refractivity contribution in [2.45, 2.75) is 20.3 Å². The van der Waals surface area contributed by atoms with E-state index in [1.165, 1.54) is 5.56 Å². The molecular formula is C12H16N3+. The lowest BCUT2D eigenvalue weighted by Gasteiger charge is -2.01. The van der Waals surface area contributed by atoms with Crippen LogP contribution in [0, 0.1) is 6.92 Å². The first-order valence-electron chi connectivity index (χ1n) is 5.36. The normalized spacial score (nSPS) is 19.3. The zero-order valence-electron chi connectivity index (χ0n) is 9.20. The summed E-state index contributed by atoms with van der Waals surface area (Å²) in [6.45, 7) is 5.26. The molecule has 1 aliphatic heterocycles. The van der Waals surface area contributed by atoms with Gasteiger partial charge in [-0.2, -0.15) is 10.0 Å². The summed E-state index contributed by atoms with van der Waals surface area (Å²) in [5.41, 5.74) is 2.37. The zero-order chi connectivity index (χ0) is 10.7. The highest BCUT2D eigenvalue weighted by Crippen LogP contribution is 2.09. The van der Waals surface area contributed by atoms with E-state index in [1.54, 1.807) is 0 Å². The fraction of sp³-hybridized carbons (Fsp3) is 0.333. The lowest BCUT2D eigenvalue weighted by molar-refractivity contribution is -0.803. The van der Waals surface area contributed by atoms with Crippen molar-refractivity contribution in [1.82, 2.24) is 0 Å². The number of aryl methyl sites for hydroxylation is 1. The second-order valence-electron chi connectivity index (χ2n) is 3.75. The minimum Gasteiger partial charge on any atom is -0.175 e. The van der Waals surface area contributed by atoms with Crippen molar-refractivity contribution in [3.63, 3.8) is 0 Å². The van der Waals surface area contributed by atoms with Crippen LogP contribution in [0.2, 0.25) is 0 Å². The van der Waals surface area contributed by atoms with Crippen molar-refractivity contribution in [3.8, 4) is 0 Å². The third-order valence-electron chi connectivity index (χ3n) is 2.48. The molecule has 3 heteroatoms. The number of amidine groups is 1. The smallest absolute Gasteiger partial charge is 0.175 e. The van der Waals surface area contributed by atoms with Crippen LogP contribution in [0.4, 0.5) is 0 Å². The van der Waals surface area contributed by atoms with E-state index in [4.69, 9.17) is 0 Å². The maximum atomic E-state index is 4.52. The summed E-state index contributed by atoms with van der Waals surface area (Å²) in [5, 5.41) is 5.61. The summed E-state index contributed by atoms with van der Waals surface area (Å²) in [5.74, 6) is 0.858. The number of nitrogens with one attached hydrogen (secondary N) is 1. The molecular weight excluding hydrogens is 186 g/mol. The van der Waals surface area contributed by atoms with Crippen LogP contribution < -0.4 is 5.01 Å². The van der Waals surface area contributed by atoms with Gasteiger partial charge in [0.25, 0.3) is 0 Å². The van der Waals surface area contributed by atoms with Crippen LogP contribution in [-0.4, -0.2) is 18.7 Å². The topological polar surface area (TPSA) is 29.2 Å². The van der Waals surface area contributed by atoms with E-state index in [9.17, 15) is 0 Å². The van der Waals surface area contributed by atoms with Gasteiger partial charge in [-0.3, -0.25) is 0 Å². The minimum absolute atomic E-state index is 0.858. The molecule has 2 rings (SSSR count). The van der Waals surface area contributed by atoms with Crippen molar-refractivity contribution in [3.05, 3.63) is 35.4 Å². The Bertz CT molecular complexity index is 407. The highest BCUT2D eigenvalue weighted by Gasteiger charge is 2.16. The molecule has 1 aromatic carbocycles. The largest absolute Gasteiger partial charge is 0.220 e. The van der Waals surface area contributed by atoms with E-state index in [0.29, 0.717) is 0 Å². The number of nitrogens with zero attached hydrogens (tertiary/aromatic N) is 2. The van der Waals surface area contributed by atoms with Gasteiger partial charge in [-0.05, 0) is 18.9 Å². The lowest BCUT2D eigenvalue weighted by atomic mass is 10.1. The molecule has 0 fully saturated rings. The van der Waals surface area contributed by atoms with Gasteiger partial charge in [-0.15, -0.1) is 0 Å². The van der Waals surface area contributed by atoms with Gasteiger partial charge in [0.2, 0.25) is 12.2 Å². The Kier molecular flexibility index (Phi) is 2.92. The first-order chi connectivity index (χ1) is 7.31. The molecule has 0 saturated carbocycles. The summed E-state index contributed by atoms with van der Waals surface area (Å²) in [7, 11) is 0. The number of hydrogen-bond acceptors (Lipinski definition) is 2. The first kappa shape index (κ1) is 10.1. The molecule has 1 heterocycles. The molecule has 15 heavy (non-hydrogen) atoms. The van der Waals surface area contributed by atoms with Crippen LogP contribution in [0.1, 0.15) is 24.5 Å². The maximum absolute atomic E-state index is 4.52. The van der Waals surface area contributed by atoms with Crippen molar-refractivity contribution in [2.24, 2.45) is 10.1 Å². The average molecular weight is 202 g/mol. The van der Waals surface area contributed by atoms with Crippen LogP contribution >= 0.6 is 0 Å². The minimum atomic E-state index is 0.858. The van der Waals surface area contributed by atoms with Crippen LogP contribution in [0.15, 0.2) is 34.4 Å². The first-order valence-corrected chi connectivity index (χ1v) is 5.36. The molecule has 3 nitrogen and oxygen atoms in total. The van der Waals surface area contributed by atoms with Gasteiger partial charge < -0.3 is 0 Å². The average Bonchev–Trinajstić information content (AvgIpc) is 2.68. The lowest BCUT2D eigenvalue weighted by Crippen LogP contribution is -3.05. The van der Waals surface area contributed by atoms with Crippen molar-refractivity contribution in [1.29, 1.82) is 0 Å². The van der Waals surface area contributed by atoms with Gasteiger partial charge in [-0.1, -0.05) is 36.3 Å². The summed E-state index contributed by atoms with van der Waals surface area (Å²) in [6, 6.07) is 8.22. The quantitative estimate of drug-likeness (QED) is 0.757. The van der Waals surface area contributed by atoms with E-state index in [2.05, 4.69) is 36.1 Å². The van der Waals surface area contributed by atoms with Crippen molar-refractivity contribution < 1.29 is 5.01 Å².